The van der Waals surface area contributed by atoms with Gasteiger partial charge in [-0.25, -0.2) is 19.9 Å². The summed E-state index contributed by atoms with van der Waals surface area (Å²) in [6, 6.07) is 32.7. The minimum absolute atomic E-state index is 0.0174. The number of unbranched alkanes of at least 4 members (excludes halogenated alkanes) is 6. The average molecular weight is 1030 g/mol. The van der Waals surface area contributed by atoms with Gasteiger partial charge in [0.2, 0.25) is 9.14 Å². The number of esters is 2. The number of halogens is 2. The fourth-order valence-corrected chi connectivity index (χ4v) is 9.41. The monoisotopic (exact) mass is 1020 g/mol. The van der Waals surface area contributed by atoms with Crippen molar-refractivity contribution >= 4 is 67.2 Å². The number of benzene rings is 4. The van der Waals surface area contributed by atoms with Crippen LogP contribution >= 0.6 is 31.9 Å². The number of fused-ring (bicyclic) bond motifs is 2. The van der Waals surface area contributed by atoms with Crippen LogP contribution in [0.1, 0.15) is 97.8 Å². The van der Waals surface area contributed by atoms with Crippen LogP contribution in [0, 0.1) is 27.7 Å². The van der Waals surface area contributed by atoms with E-state index in [1.54, 1.807) is 9.80 Å². The Bertz CT molecular complexity index is 2800. The summed E-state index contributed by atoms with van der Waals surface area (Å²) in [5.74, 6) is -0.132. The first-order valence-corrected chi connectivity index (χ1v) is 24.7. The van der Waals surface area contributed by atoms with Crippen LogP contribution < -0.4 is 9.80 Å². The first-order valence-electron chi connectivity index (χ1n) is 23.1. The molecular weight excluding hydrogens is 972 g/mol. The van der Waals surface area contributed by atoms with Crippen LogP contribution in [0.25, 0.3) is 45.0 Å². The molecular formula is C54H54Br2N6O5. The molecule has 0 fully saturated rings. The van der Waals surface area contributed by atoms with E-state index in [0.29, 0.717) is 66.8 Å². The molecule has 2 amide bonds. The lowest BCUT2D eigenvalue weighted by Crippen LogP contribution is -2.34. The molecule has 11 nitrogen and oxygen atoms in total. The number of carbonyl (C=O) groups excluding carboxylic acids is 4. The van der Waals surface area contributed by atoms with Crippen molar-refractivity contribution in [3.05, 3.63) is 131 Å². The van der Waals surface area contributed by atoms with Crippen molar-refractivity contribution in [2.45, 2.75) is 102 Å². The van der Waals surface area contributed by atoms with Gasteiger partial charge in [0, 0.05) is 48.2 Å². The van der Waals surface area contributed by atoms with E-state index in [4.69, 9.17) is 24.7 Å². The minimum atomic E-state index is -1.21. The van der Waals surface area contributed by atoms with E-state index >= 15 is 0 Å². The van der Waals surface area contributed by atoms with Gasteiger partial charge in [-0.2, -0.15) is 0 Å². The molecule has 0 saturated carbocycles. The van der Waals surface area contributed by atoms with Gasteiger partial charge in [0.15, 0.2) is 11.6 Å². The van der Waals surface area contributed by atoms with Crippen molar-refractivity contribution in [3.63, 3.8) is 0 Å². The SMILES string of the molecule is Cc1ccc(-c2nc3c(nc2-c2ccc(C)cc2)N(CCCCCCC(=O)OC(=O)CCCCCCN2C(=O)C(Br)(Br)c4nc(-c5ccc(C)cc5)c(-c5ccc(C)cc5)nc42)C(=O)C3)cc1. The standard InChI is InChI=1S/C54H54Br2N6O5/c1-34-15-23-38(24-16-34)46-48(40-27-19-36(3)20-28-40)59-51-42(57-46)33-43(63)61(51)31-11-7-5-9-13-44(64)67-45(65)14-10-6-8-12-32-62-52-50(54(55,56)53(62)66)58-47(39-25-17-35(2)18-26-39)49(60-52)41-29-21-37(4)22-30-41/h15-30H,5-14,31-33H2,1-4H3. The van der Waals surface area contributed by atoms with E-state index in [-0.39, 0.29) is 31.1 Å². The highest BCUT2D eigenvalue weighted by Gasteiger charge is 2.50. The van der Waals surface area contributed by atoms with Crippen LogP contribution in [0.3, 0.4) is 0 Å². The van der Waals surface area contributed by atoms with E-state index in [1.807, 2.05) is 100 Å². The van der Waals surface area contributed by atoms with Crippen molar-refractivity contribution in [3.8, 4) is 45.0 Å². The normalized spacial score (nSPS) is 13.8. The average Bonchev–Trinajstić information content (AvgIpc) is 3.72. The number of amides is 2. The van der Waals surface area contributed by atoms with Crippen molar-refractivity contribution in [2.75, 3.05) is 22.9 Å². The Balaban J connectivity index is 0.770. The number of hydrogen-bond donors (Lipinski definition) is 0. The largest absolute Gasteiger partial charge is 0.393 e. The minimum Gasteiger partial charge on any atom is -0.393 e. The summed E-state index contributed by atoms with van der Waals surface area (Å²) in [6.45, 7) is 9.11. The number of rotatable bonds is 18. The molecule has 0 bridgehead atoms. The molecule has 0 radical (unpaired) electrons. The molecule has 344 valence electrons. The van der Waals surface area contributed by atoms with E-state index in [1.165, 1.54) is 0 Å². The molecule has 0 unspecified atom stereocenters. The Morgan fingerprint density at radius 3 is 1.33 bits per heavy atom. The predicted molar refractivity (Wildman–Crippen MR) is 270 cm³/mol. The maximum atomic E-state index is 13.8. The fourth-order valence-electron chi connectivity index (χ4n) is 8.45. The van der Waals surface area contributed by atoms with Crippen LogP contribution in [0.2, 0.25) is 0 Å². The van der Waals surface area contributed by atoms with E-state index in [0.717, 1.165) is 88.0 Å². The van der Waals surface area contributed by atoms with Gasteiger partial charge < -0.3 is 4.74 Å². The van der Waals surface area contributed by atoms with Gasteiger partial charge in [0.05, 0.1) is 34.9 Å². The zero-order valence-electron chi connectivity index (χ0n) is 38.4. The molecule has 2 aliphatic heterocycles. The van der Waals surface area contributed by atoms with Crippen molar-refractivity contribution < 1.29 is 23.9 Å². The maximum Gasteiger partial charge on any atom is 0.313 e. The topological polar surface area (TPSA) is 136 Å². The Morgan fingerprint density at radius 1 is 0.507 bits per heavy atom. The molecule has 2 aromatic heterocycles. The zero-order chi connectivity index (χ0) is 47.2. The van der Waals surface area contributed by atoms with Crippen LogP contribution in [-0.4, -0.2) is 56.8 Å². The number of aromatic nitrogens is 4. The van der Waals surface area contributed by atoms with Crippen molar-refractivity contribution in [1.29, 1.82) is 0 Å². The molecule has 4 heterocycles. The second-order valence-corrected chi connectivity index (χ2v) is 21.1. The number of alkyl halides is 2. The lowest BCUT2D eigenvalue weighted by Gasteiger charge is -2.18. The maximum absolute atomic E-state index is 13.8. The molecule has 2 aliphatic rings. The van der Waals surface area contributed by atoms with E-state index in [9.17, 15) is 19.2 Å². The van der Waals surface area contributed by atoms with Crippen LogP contribution in [-0.2, 0) is 33.6 Å². The third kappa shape index (κ3) is 10.9. The Morgan fingerprint density at radius 2 is 0.881 bits per heavy atom. The molecule has 6 aromatic rings. The van der Waals surface area contributed by atoms with Gasteiger partial charge in [0.1, 0.15) is 5.69 Å². The number of nitrogens with zero attached hydrogens (tertiary/aromatic N) is 6. The van der Waals surface area contributed by atoms with Gasteiger partial charge in [-0.05, 0) is 53.4 Å². The number of carbonyl (C=O) groups is 4. The first-order chi connectivity index (χ1) is 32.3. The summed E-state index contributed by atoms with van der Waals surface area (Å²) in [4.78, 5) is 75.8. The summed E-state index contributed by atoms with van der Waals surface area (Å²) in [6.07, 6.45) is 6.13. The second kappa shape index (κ2) is 20.9. The Labute approximate surface area is 409 Å². The number of aryl methyl sites for hydroxylation is 4. The lowest BCUT2D eigenvalue weighted by atomic mass is 10.0. The molecule has 13 heteroatoms. The number of hydrogen-bond acceptors (Lipinski definition) is 9. The highest BCUT2D eigenvalue weighted by Crippen LogP contribution is 2.50. The zero-order valence-corrected chi connectivity index (χ0v) is 41.6. The third-order valence-corrected chi connectivity index (χ3v) is 13.7. The van der Waals surface area contributed by atoms with E-state index in [2.05, 4.69) is 56.1 Å². The fraction of sp³-hybridized carbons (Fsp3) is 0.333. The molecule has 0 saturated heterocycles. The highest BCUT2D eigenvalue weighted by atomic mass is 79.9. The highest BCUT2D eigenvalue weighted by molar-refractivity contribution is 9.25. The molecule has 0 N–H and O–H groups in total. The summed E-state index contributed by atoms with van der Waals surface area (Å²) in [5.41, 5.74) is 12.4. The quantitative estimate of drug-likeness (QED) is 0.0357. The Hall–Kier alpha value is -5.92. The van der Waals surface area contributed by atoms with E-state index < -0.39 is 15.2 Å². The summed E-state index contributed by atoms with van der Waals surface area (Å²) >= 11 is 7.23. The molecule has 0 aliphatic carbocycles. The van der Waals surface area contributed by atoms with Crippen LogP contribution in [0.15, 0.2) is 97.1 Å². The molecule has 4 aromatic carbocycles. The number of anilines is 2. The molecule has 67 heavy (non-hydrogen) atoms. The summed E-state index contributed by atoms with van der Waals surface area (Å²) in [5, 5.41) is 0. The van der Waals surface area contributed by atoms with Gasteiger partial charge in [0.25, 0.3) is 5.91 Å². The van der Waals surface area contributed by atoms with Gasteiger partial charge in [-0.15, -0.1) is 0 Å². The first kappa shape index (κ1) is 47.6. The summed E-state index contributed by atoms with van der Waals surface area (Å²) in [7, 11) is 0. The third-order valence-electron chi connectivity index (χ3n) is 12.3. The second-order valence-electron chi connectivity index (χ2n) is 17.7. The smallest absolute Gasteiger partial charge is 0.313 e. The number of ether oxygens (including phenoxy) is 1. The van der Waals surface area contributed by atoms with Gasteiger partial charge in [-0.3, -0.25) is 29.0 Å². The predicted octanol–water partition coefficient (Wildman–Crippen LogP) is 12.0. The van der Waals surface area contributed by atoms with Crippen molar-refractivity contribution in [2.24, 2.45) is 0 Å². The van der Waals surface area contributed by atoms with Gasteiger partial charge in [-0.1, -0.05) is 177 Å². The van der Waals surface area contributed by atoms with Crippen LogP contribution in [0.4, 0.5) is 11.6 Å². The lowest BCUT2D eigenvalue weighted by molar-refractivity contribution is -0.159. The Kier molecular flexibility index (Phi) is 14.9. The molecule has 0 spiro atoms. The van der Waals surface area contributed by atoms with Gasteiger partial charge >= 0.3 is 11.9 Å². The molecule has 8 rings (SSSR count). The van der Waals surface area contributed by atoms with Crippen LogP contribution in [0.5, 0.6) is 0 Å². The summed E-state index contributed by atoms with van der Waals surface area (Å²) < 4.78 is 3.93. The molecule has 0 atom stereocenters. The van der Waals surface area contributed by atoms with Crippen molar-refractivity contribution in [1.82, 2.24) is 19.9 Å².